The minimum absolute atomic E-state index is 0.160. The van der Waals surface area contributed by atoms with E-state index in [1.54, 1.807) is 19.2 Å². The molecular weight excluding hydrogens is 346 g/mol. The zero-order valence-corrected chi connectivity index (χ0v) is 15.4. The molecule has 3 rings (SSSR count). The highest BCUT2D eigenvalue weighted by molar-refractivity contribution is 7.13. The Balaban J connectivity index is 1.70. The first kappa shape index (κ1) is 17.8. The Kier molecular flexibility index (Phi) is 5.43. The van der Waals surface area contributed by atoms with E-state index in [2.05, 4.69) is 15.6 Å². The molecule has 0 aliphatic rings. The van der Waals surface area contributed by atoms with Gasteiger partial charge in [0.2, 0.25) is 5.91 Å². The van der Waals surface area contributed by atoms with Gasteiger partial charge in [-0.25, -0.2) is 4.98 Å². The standard InChI is InChI=1S/C20H19N3O2S/c1-13-8-9-15(19(25)21-2)10-17(13)23-18(24)11-16-12-26-20(22-16)14-6-4-3-5-7-14/h3-10,12H,11H2,1-2H3,(H,21,25)(H,23,24). The number of benzene rings is 2. The van der Waals surface area contributed by atoms with Gasteiger partial charge in [-0.1, -0.05) is 36.4 Å². The third-order valence-electron chi connectivity index (χ3n) is 3.92. The van der Waals surface area contributed by atoms with Gasteiger partial charge in [-0.2, -0.15) is 0 Å². The van der Waals surface area contributed by atoms with Gasteiger partial charge in [0.15, 0.2) is 0 Å². The van der Waals surface area contributed by atoms with Crippen LogP contribution in [0.15, 0.2) is 53.9 Å². The smallest absolute Gasteiger partial charge is 0.251 e. The summed E-state index contributed by atoms with van der Waals surface area (Å²) in [5, 5.41) is 8.25. The molecule has 5 nitrogen and oxygen atoms in total. The lowest BCUT2D eigenvalue weighted by Crippen LogP contribution is -2.19. The van der Waals surface area contributed by atoms with Crippen LogP contribution in [-0.4, -0.2) is 23.8 Å². The maximum atomic E-state index is 12.4. The molecule has 0 atom stereocenters. The van der Waals surface area contributed by atoms with E-state index in [1.165, 1.54) is 11.3 Å². The van der Waals surface area contributed by atoms with Gasteiger partial charge in [0.1, 0.15) is 5.01 Å². The van der Waals surface area contributed by atoms with Crippen molar-refractivity contribution in [2.45, 2.75) is 13.3 Å². The molecule has 26 heavy (non-hydrogen) atoms. The fourth-order valence-corrected chi connectivity index (χ4v) is 3.33. The van der Waals surface area contributed by atoms with Crippen molar-refractivity contribution in [2.24, 2.45) is 0 Å². The van der Waals surface area contributed by atoms with Crippen molar-refractivity contribution in [3.8, 4) is 10.6 Å². The van der Waals surface area contributed by atoms with Crippen molar-refractivity contribution in [1.82, 2.24) is 10.3 Å². The van der Waals surface area contributed by atoms with Gasteiger partial charge in [0.05, 0.1) is 12.1 Å². The average Bonchev–Trinajstić information content (AvgIpc) is 3.12. The zero-order chi connectivity index (χ0) is 18.5. The molecule has 2 amide bonds. The molecule has 6 heteroatoms. The second-order valence-electron chi connectivity index (χ2n) is 5.84. The van der Waals surface area contributed by atoms with E-state index >= 15 is 0 Å². The molecule has 132 valence electrons. The lowest BCUT2D eigenvalue weighted by molar-refractivity contribution is -0.115. The predicted molar refractivity (Wildman–Crippen MR) is 104 cm³/mol. The predicted octanol–water partition coefficient (Wildman–Crippen LogP) is 3.66. The third-order valence-corrected chi connectivity index (χ3v) is 4.86. The number of aryl methyl sites for hydroxylation is 1. The van der Waals surface area contributed by atoms with Crippen LogP contribution in [0, 0.1) is 6.92 Å². The first-order chi connectivity index (χ1) is 12.6. The zero-order valence-electron chi connectivity index (χ0n) is 14.6. The molecule has 0 bridgehead atoms. The number of carbonyl (C=O) groups is 2. The van der Waals surface area contributed by atoms with Crippen molar-refractivity contribution in [2.75, 3.05) is 12.4 Å². The van der Waals surface area contributed by atoms with Gasteiger partial charge < -0.3 is 10.6 Å². The molecule has 3 aromatic rings. The fraction of sp³-hybridized carbons (Fsp3) is 0.150. The van der Waals surface area contributed by atoms with Crippen molar-refractivity contribution in [3.63, 3.8) is 0 Å². The molecule has 0 spiro atoms. The van der Waals surface area contributed by atoms with E-state index in [1.807, 2.05) is 48.7 Å². The SMILES string of the molecule is CNC(=O)c1ccc(C)c(NC(=O)Cc2csc(-c3ccccc3)n2)c1. The van der Waals surface area contributed by atoms with E-state index in [-0.39, 0.29) is 18.2 Å². The monoisotopic (exact) mass is 365 g/mol. The Hall–Kier alpha value is -2.99. The van der Waals surface area contributed by atoms with E-state index < -0.39 is 0 Å². The maximum absolute atomic E-state index is 12.4. The summed E-state index contributed by atoms with van der Waals surface area (Å²) in [6, 6.07) is 15.1. The number of hydrogen-bond acceptors (Lipinski definition) is 4. The quantitative estimate of drug-likeness (QED) is 0.725. The highest BCUT2D eigenvalue weighted by Crippen LogP contribution is 2.24. The lowest BCUT2D eigenvalue weighted by Gasteiger charge is -2.10. The number of nitrogens with one attached hydrogen (secondary N) is 2. The summed E-state index contributed by atoms with van der Waals surface area (Å²) in [5.74, 6) is -0.348. The summed E-state index contributed by atoms with van der Waals surface area (Å²) in [6.45, 7) is 1.89. The first-order valence-corrected chi connectivity index (χ1v) is 9.07. The van der Waals surface area contributed by atoms with Gasteiger partial charge in [0, 0.05) is 29.2 Å². The molecule has 0 aliphatic carbocycles. The van der Waals surface area contributed by atoms with Gasteiger partial charge >= 0.3 is 0 Å². The second kappa shape index (κ2) is 7.93. The van der Waals surface area contributed by atoms with Crippen molar-refractivity contribution >= 4 is 28.8 Å². The second-order valence-corrected chi connectivity index (χ2v) is 6.70. The van der Waals surface area contributed by atoms with Crippen LogP contribution in [0.4, 0.5) is 5.69 Å². The summed E-state index contributed by atoms with van der Waals surface area (Å²) < 4.78 is 0. The Morgan fingerprint density at radius 1 is 1.12 bits per heavy atom. The number of hydrogen-bond donors (Lipinski definition) is 2. The Morgan fingerprint density at radius 2 is 1.88 bits per heavy atom. The topological polar surface area (TPSA) is 71.1 Å². The largest absolute Gasteiger partial charge is 0.355 e. The van der Waals surface area contributed by atoms with Crippen LogP contribution in [-0.2, 0) is 11.2 Å². The number of nitrogens with zero attached hydrogens (tertiary/aromatic N) is 1. The molecule has 2 N–H and O–H groups in total. The number of carbonyl (C=O) groups excluding carboxylic acids is 2. The molecule has 0 radical (unpaired) electrons. The molecule has 2 aromatic carbocycles. The highest BCUT2D eigenvalue weighted by atomic mass is 32.1. The first-order valence-electron chi connectivity index (χ1n) is 8.19. The van der Waals surface area contributed by atoms with Crippen molar-refractivity contribution in [3.05, 3.63) is 70.7 Å². The van der Waals surface area contributed by atoms with E-state index in [0.29, 0.717) is 11.3 Å². The molecule has 0 saturated carbocycles. The van der Waals surface area contributed by atoms with Gasteiger partial charge in [-0.15, -0.1) is 11.3 Å². The summed E-state index contributed by atoms with van der Waals surface area (Å²) in [7, 11) is 1.58. The average molecular weight is 365 g/mol. The maximum Gasteiger partial charge on any atom is 0.251 e. The lowest BCUT2D eigenvalue weighted by atomic mass is 10.1. The third kappa shape index (κ3) is 4.15. The van der Waals surface area contributed by atoms with E-state index in [9.17, 15) is 9.59 Å². The number of anilines is 1. The summed E-state index contributed by atoms with van der Waals surface area (Å²) >= 11 is 1.52. The van der Waals surface area contributed by atoms with Gasteiger partial charge in [-0.3, -0.25) is 9.59 Å². The van der Waals surface area contributed by atoms with Gasteiger partial charge in [0.25, 0.3) is 5.91 Å². The molecule has 0 unspecified atom stereocenters. The minimum Gasteiger partial charge on any atom is -0.355 e. The summed E-state index contributed by atoms with van der Waals surface area (Å²) in [4.78, 5) is 28.7. The van der Waals surface area contributed by atoms with Crippen LogP contribution in [0.3, 0.4) is 0 Å². The fourth-order valence-electron chi connectivity index (χ4n) is 2.50. The van der Waals surface area contributed by atoms with Crippen LogP contribution in [0.2, 0.25) is 0 Å². The summed E-state index contributed by atoms with van der Waals surface area (Å²) in [6.07, 6.45) is 0.187. The van der Waals surface area contributed by atoms with Crippen LogP contribution in [0.5, 0.6) is 0 Å². The number of aromatic nitrogens is 1. The van der Waals surface area contributed by atoms with Crippen LogP contribution in [0.25, 0.3) is 10.6 Å². The Bertz CT molecular complexity index is 935. The minimum atomic E-state index is -0.187. The highest BCUT2D eigenvalue weighted by Gasteiger charge is 2.12. The van der Waals surface area contributed by atoms with Gasteiger partial charge in [-0.05, 0) is 24.6 Å². The molecule has 1 heterocycles. The molecule has 0 saturated heterocycles. The van der Waals surface area contributed by atoms with E-state index in [0.717, 1.165) is 21.8 Å². The summed E-state index contributed by atoms with van der Waals surface area (Å²) in [5.41, 5.74) is 3.81. The number of rotatable bonds is 5. The van der Waals surface area contributed by atoms with Crippen molar-refractivity contribution < 1.29 is 9.59 Å². The molecule has 0 fully saturated rings. The van der Waals surface area contributed by atoms with Crippen molar-refractivity contribution in [1.29, 1.82) is 0 Å². The molecule has 1 aromatic heterocycles. The van der Waals surface area contributed by atoms with Crippen LogP contribution >= 0.6 is 11.3 Å². The Morgan fingerprint density at radius 3 is 2.62 bits per heavy atom. The Labute approximate surface area is 156 Å². The molecular formula is C20H19N3O2S. The number of thiazole rings is 1. The molecule has 0 aliphatic heterocycles. The van der Waals surface area contributed by atoms with Crippen LogP contribution < -0.4 is 10.6 Å². The van der Waals surface area contributed by atoms with E-state index in [4.69, 9.17) is 0 Å². The normalized spacial score (nSPS) is 10.4. The number of amides is 2. The van der Waals surface area contributed by atoms with Crippen LogP contribution in [0.1, 0.15) is 21.6 Å².